The molecule has 0 aliphatic carbocycles. The van der Waals surface area contributed by atoms with Crippen molar-refractivity contribution in [2.75, 3.05) is 43.9 Å². The Hall–Kier alpha value is -4.64. The molecule has 0 radical (unpaired) electrons. The van der Waals surface area contributed by atoms with E-state index in [1.54, 1.807) is 29.2 Å². The molecular formula is C31H36N6O5. The minimum absolute atomic E-state index is 0.000468. The highest BCUT2D eigenvalue weighted by Crippen LogP contribution is 2.33. The standard InChI is InChI=1S/C31H36N6O5/c1-19(2)29(31(40)37-13-12-22(38)18-37)27-17-28(35-42-27)41-15-14-36(3)21-10-8-20(9-11-21)24-16-25(33-34-30(24)32)23-6-4-5-7-26(23)39/h4-11,16-17,19,22,29,38-39H,12-15,18H2,1-3H3,(H2,32,34). The van der Waals surface area contributed by atoms with Gasteiger partial charge in [0.1, 0.15) is 18.3 Å². The number of carbonyl (C=O) groups is 1. The predicted octanol–water partition coefficient (Wildman–Crippen LogP) is 3.93. The number of β-amino-alcohol motifs (C(OH)–C–C–N with tert-alkyl or cyclic N) is 1. The van der Waals surface area contributed by atoms with Crippen LogP contribution in [0.2, 0.25) is 0 Å². The second-order valence-corrected chi connectivity index (χ2v) is 10.9. The Morgan fingerprint density at radius 2 is 1.90 bits per heavy atom. The lowest BCUT2D eigenvalue weighted by Crippen LogP contribution is -2.35. The largest absolute Gasteiger partial charge is 0.507 e. The number of nitrogens with zero attached hydrogens (tertiary/aromatic N) is 5. The van der Waals surface area contributed by atoms with Crippen molar-refractivity contribution in [3.8, 4) is 34.0 Å². The molecule has 4 aromatic rings. The van der Waals surface area contributed by atoms with Gasteiger partial charge in [-0.15, -0.1) is 10.2 Å². The molecule has 1 aliphatic heterocycles. The van der Waals surface area contributed by atoms with Gasteiger partial charge >= 0.3 is 0 Å². The van der Waals surface area contributed by atoms with Gasteiger partial charge in [0.15, 0.2) is 11.6 Å². The molecule has 5 rings (SSSR count). The summed E-state index contributed by atoms with van der Waals surface area (Å²) in [5.41, 5.74) is 9.83. The maximum Gasteiger partial charge on any atom is 0.254 e. The summed E-state index contributed by atoms with van der Waals surface area (Å²) in [5.74, 6) is 0.669. The number of aliphatic hydroxyl groups is 1. The topological polar surface area (TPSA) is 151 Å². The minimum Gasteiger partial charge on any atom is -0.507 e. The number of rotatable bonds is 10. The lowest BCUT2D eigenvalue weighted by atomic mass is 9.92. The van der Waals surface area contributed by atoms with E-state index in [0.29, 0.717) is 61.4 Å². The third kappa shape index (κ3) is 6.31. The van der Waals surface area contributed by atoms with Crippen LogP contribution in [0.4, 0.5) is 11.5 Å². The molecule has 2 aromatic carbocycles. The molecular weight excluding hydrogens is 536 g/mol. The SMILES string of the molecule is CC(C)C(C(=O)N1CCC(O)C1)c1cc(OCCN(C)c2ccc(-c3cc(-c4ccccc4O)nnc3N)cc2)no1. The van der Waals surface area contributed by atoms with Gasteiger partial charge in [0, 0.05) is 43.0 Å². The molecule has 1 saturated heterocycles. The van der Waals surface area contributed by atoms with Crippen molar-refractivity contribution < 1.29 is 24.3 Å². The van der Waals surface area contributed by atoms with Crippen molar-refractivity contribution in [1.82, 2.24) is 20.3 Å². The van der Waals surface area contributed by atoms with Gasteiger partial charge in [0.2, 0.25) is 5.91 Å². The van der Waals surface area contributed by atoms with Crippen LogP contribution in [0.5, 0.6) is 11.6 Å². The molecule has 4 N–H and O–H groups in total. The van der Waals surface area contributed by atoms with E-state index < -0.39 is 12.0 Å². The Morgan fingerprint density at radius 3 is 2.60 bits per heavy atom. The number of carbonyl (C=O) groups excluding carboxylic acids is 1. The van der Waals surface area contributed by atoms with Crippen LogP contribution >= 0.6 is 0 Å². The zero-order valence-electron chi connectivity index (χ0n) is 24.0. The van der Waals surface area contributed by atoms with E-state index in [2.05, 4.69) is 15.4 Å². The number of aromatic nitrogens is 3. The molecule has 42 heavy (non-hydrogen) atoms. The lowest BCUT2D eigenvalue weighted by Gasteiger charge is -2.23. The highest BCUT2D eigenvalue weighted by Gasteiger charge is 2.35. The number of aromatic hydroxyl groups is 1. The van der Waals surface area contributed by atoms with E-state index in [-0.39, 0.29) is 17.6 Å². The van der Waals surface area contributed by atoms with Crippen LogP contribution < -0.4 is 15.4 Å². The van der Waals surface area contributed by atoms with E-state index in [1.165, 1.54) is 0 Å². The number of phenolic OH excluding ortho intramolecular Hbond substituents is 1. The number of hydrogen-bond acceptors (Lipinski definition) is 10. The summed E-state index contributed by atoms with van der Waals surface area (Å²) in [5, 5.41) is 32.3. The number of nitrogen functional groups attached to an aromatic ring is 1. The van der Waals surface area contributed by atoms with Crippen molar-refractivity contribution in [1.29, 1.82) is 0 Å². The van der Waals surface area contributed by atoms with E-state index in [4.69, 9.17) is 15.0 Å². The molecule has 1 amide bonds. The summed E-state index contributed by atoms with van der Waals surface area (Å²) in [4.78, 5) is 16.8. The van der Waals surface area contributed by atoms with E-state index in [1.807, 2.05) is 62.2 Å². The molecule has 11 heteroatoms. The zero-order chi connectivity index (χ0) is 29.8. The molecule has 0 saturated carbocycles. The second-order valence-electron chi connectivity index (χ2n) is 10.9. The van der Waals surface area contributed by atoms with Gasteiger partial charge < -0.3 is 35.0 Å². The molecule has 3 heterocycles. The summed E-state index contributed by atoms with van der Waals surface area (Å²) < 4.78 is 11.4. The number of phenols is 1. The fourth-order valence-corrected chi connectivity index (χ4v) is 5.13. The zero-order valence-corrected chi connectivity index (χ0v) is 24.0. The highest BCUT2D eigenvalue weighted by atomic mass is 16.5. The summed E-state index contributed by atoms with van der Waals surface area (Å²) in [6.45, 7) is 5.75. The Morgan fingerprint density at radius 1 is 1.14 bits per heavy atom. The van der Waals surface area contributed by atoms with Crippen molar-refractivity contribution >= 4 is 17.4 Å². The van der Waals surface area contributed by atoms with Gasteiger partial charge in [-0.1, -0.05) is 38.1 Å². The Labute approximate surface area is 244 Å². The van der Waals surface area contributed by atoms with Crippen molar-refractivity contribution in [2.45, 2.75) is 32.3 Å². The molecule has 0 spiro atoms. The summed E-state index contributed by atoms with van der Waals surface area (Å²) in [7, 11) is 1.96. The quantitative estimate of drug-likeness (QED) is 0.255. The van der Waals surface area contributed by atoms with Crippen LogP contribution in [0.3, 0.4) is 0 Å². The van der Waals surface area contributed by atoms with Gasteiger partial charge in [-0.25, -0.2) is 0 Å². The highest BCUT2D eigenvalue weighted by molar-refractivity contribution is 5.84. The molecule has 1 aliphatic rings. The average molecular weight is 573 g/mol. The Bertz CT molecular complexity index is 1520. The molecule has 2 aromatic heterocycles. The number of likely N-dealkylation sites (N-methyl/N-ethyl adjacent to an activating group) is 1. The van der Waals surface area contributed by atoms with Crippen LogP contribution in [-0.4, -0.2) is 75.8 Å². The van der Waals surface area contributed by atoms with Gasteiger partial charge in [-0.2, -0.15) is 0 Å². The Kier molecular flexibility index (Phi) is 8.58. The van der Waals surface area contributed by atoms with Gasteiger partial charge in [0.05, 0.1) is 18.3 Å². The summed E-state index contributed by atoms with van der Waals surface area (Å²) >= 11 is 0. The van der Waals surface area contributed by atoms with Crippen molar-refractivity contribution in [3.63, 3.8) is 0 Å². The molecule has 2 atom stereocenters. The third-order valence-electron chi connectivity index (χ3n) is 7.52. The number of hydrogen-bond donors (Lipinski definition) is 3. The number of anilines is 2. The Balaban J connectivity index is 1.19. The number of benzene rings is 2. The van der Waals surface area contributed by atoms with Gasteiger partial charge in [-0.05, 0) is 53.4 Å². The fraction of sp³-hybridized carbons (Fsp3) is 0.355. The summed E-state index contributed by atoms with van der Waals surface area (Å²) in [6.07, 6.45) is 0.116. The molecule has 0 bridgehead atoms. The number of likely N-dealkylation sites (tertiary alicyclic amines) is 1. The monoisotopic (exact) mass is 572 g/mol. The van der Waals surface area contributed by atoms with Crippen molar-refractivity contribution in [3.05, 3.63) is 66.4 Å². The van der Waals surface area contributed by atoms with E-state index in [9.17, 15) is 15.0 Å². The predicted molar refractivity (Wildman–Crippen MR) is 159 cm³/mol. The first-order chi connectivity index (χ1) is 20.2. The van der Waals surface area contributed by atoms with Crippen LogP contribution in [-0.2, 0) is 4.79 Å². The molecule has 220 valence electrons. The maximum absolute atomic E-state index is 13.1. The van der Waals surface area contributed by atoms with Crippen LogP contribution in [0.25, 0.3) is 22.4 Å². The summed E-state index contributed by atoms with van der Waals surface area (Å²) in [6, 6.07) is 18.4. The molecule has 1 fully saturated rings. The molecule has 11 nitrogen and oxygen atoms in total. The van der Waals surface area contributed by atoms with Crippen LogP contribution in [0, 0.1) is 5.92 Å². The molecule has 2 unspecified atom stereocenters. The van der Waals surface area contributed by atoms with Crippen LogP contribution in [0.1, 0.15) is 31.9 Å². The number of amides is 1. The second kappa shape index (κ2) is 12.5. The maximum atomic E-state index is 13.1. The van der Waals surface area contributed by atoms with Gasteiger partial charge in [-0.3, -0.25) is 4.79 Å². The first kappa shape index (κ1) is 28.9. The lowest BCUT2D eigenvalue weighted by molar-refractivity contribution is -0.133. The first-order valence-corrected chi connectivity index (χ1v) is 14.0. The average Bonchev–Trinajstić information content (AvgIpc) is 3.63. The van der Waals surface area contributed by atoms with Crippen LogP contribution in [0.15, 0.2) is 65.2 Å². The van der Waals surface area contributed by atoms with E-state index in [0.717, 1.165) is 16.8 Å². The number of nitrogens with two attached hydrogens (primary N) is 1. The number of para-hydroxylation sites is 1. The third-order valence-corrected chi connectivity index (χ3v) is 7.52. The van der Waals surface area contributed by atoms with Crippen molar-refractivity contribution in [2.24, 2.45) is 5.92 Å². The number of ether oxygens (including phenoxy) is 1. The van der Waals surface area contributed by atoms with E-state index >= 15 is 0 Å². The van der Waals surface area contributed by atoms with Gasteiger partial charge in [0.25, 0.3) is 5.88 Å². The first-order valence-electron chi connectivity index (χ1n) is 14.0. The fourth-order valence-electron chi connectivity index (χ4n) is 5.13. The normalized spacial score (nSPS) is 15.6. The smallest absolute Gasteiger partial charge is 0.254 e. The number of aliphatic hydroxyl groups excluding tert-OH is 1. The minimum atomic E-state index is -0.486.